The number of nitrogens with two attached hydrogens (primary N) is 1. The largest absolute Gasteiger partial charge is 0.333 e. The average molecular weight is 328 g/mol. The fourth-order valence-electron chi connectivity index (χ4n) is 2.41. The molecule has 3 rings (SSSR count). The van der Waals surface area contributed by atoms with Crippen molar-refractivity contribution in [1.82, 2.24) is 9.88 Å². The van der Waals surface area contributed by atoms with Gasteiger partial charge in [-0.1, -0.05) is 11.6 Å². The molecule has 0 aliphatic carbocycles. The number of halogens is 1. The molecule has 20 heavy (non-hydrogen) atoms. The number of hydrogen-bond donors (Lipinski definition) is 1. The Balaban J connectivity index is 1.81. The number of nitrogens with zero attached hydrogens (tertiary/aromatic N) is 2. The van der Waals surface area contributed by atoms with Crippen LogP contribution in [0.3, 0.4) is 0 Å². The number of rotatable bonds is 3. The summed E-state index contributed by atoms with van der Waals surface area (Å²) in [6.45, 7) is 1.29. The van der Waals surface area contributed by atoms with E-state index in [9.17, 15) is 4.79 Å². The summed E-state index contributed by atoms with van der Waals surface area (Å²) < 4.78 is 0.728. The van der Waals surface area contributed by atoms with Gasteiger partial charge in [0.15, 0.2) is 0 Å². The van der Waals surface area contributed by atoms with E-state index in [-0.39, 0.29) is 11.9 Å². The van der Waals surface area contributed by atoms with Crippen LogP contribution < -0.4 is 5.73 Å². The summed E-state index contributed by atoms with van der Waals surface area (Å²) in [7, 11) is 0. The number of thiophene rings is 1. The highest BCUT2D eigenvalue weighted by molar-refractivity contribution is 7.23. The van der Waals surface area contributed by atoms with Gasteiger partial charge in [-0.2, -0.15) is 0 Å². The molecule has 1 aliphatic rings. The molecule has 1 fully saturated rings. The number of aromatic nitrogens is 1. The van der Waals surface area contributed by atoms with Gasteiger partial charge < -0.3 is 10.6 Å². The molecule has 2 aromatic rings. The third kappa shape index (κ3) is 2.61. The first-order chi connectivity index (χ1) is 9.69. The molecule has 0 saturated carbocycles. The van der Waals surface area contributed by atoms with Gasteiger partial charge >= 0.3 is 0 Å². The fraction of sp³-hybridized carbons (Fsp3) is 0.385. The van der Waals surface area contributed by atoms with Crippen molar-refractivity contribution < 1.29 is 4.79 Å². The minimum atomic E-state index is -0.0110. The first-order valence-corrected chi connectivity index (χ1v) is 8.48. The summed E-state index contributed by atoms with van der Waals surface area (Å²) in [4.78, 5) is 19.7. The number of amides is 1. The van der Waals surface area contributed by atoms with Crippen LogP contribution in [-0.4, -0.2) is 34.9 Å². The van der Waals surface area contributed by atoms with Crippen LogP contribution in [0.15, 0.2) is 17.5 Å². The molecule has 7 heteroatoms. The maximum absolute atomic E-state index is 12.5. The van der Waals surface area contributed by atoms with Crippen molar-refractivity contribution in [1.29, 1.82) is 0 Å². The minimum absolute atomic E-state index is 0.0110. The Kier molecular flexibility index (Phi) is 4.07. The lowest BCUT2D eigenvalue weighted by Gasteiger charge is -2.22. The highest BCUT2D eigenvalue weighted by Crippen LogP contribution is 2.33. The van der Waals surface area contributed by atoms with Gasteiger partial charge in [-0.05, 0) is 25.0 Å². The lowest BCUT2D eigenvalue weighted by atomic mass is 10.2. The Hall–Kier alpha value is -0.950. The minimum Gasteiger partial charge on any atom is -0.333 e. The molecular weight excluding hydrogens is 314 g/mol. The third-order valence-corrected chi connectivity index (χ3v) is 5.66. The molecule has 2 aromatic heterocycles. The van der Waals surface area contributed by atoms with Crippen LogP contribution in [0.5, 0.6) is 0 Å². The Morgan fingerprint density at radius 1 is 1.55 bits per heavy atom. The maximum atomic E-state index is 12.5. The van der Waals surface area contributed by atoms with Gasteiger partial charge in [0.1, 0.15) is 10.7 Å². The van der Waals surface area contributed by atoms with Gasteiger partial charge in [0.05, 0.1) is 9.21 Å². The first kappa shape index (κ1) is 14.0. The molecule has 4 nitrogen and oxygen atoms in total. The van der Waals surface area contributed by atoms with Gasteiger partial charge in [0.25, 0.3) is 5.91 Å². The van der Waals surface area contributed by atoms with E-state index in [1.165, 1.54) is 22.7 Å². The quantitative estimate of drug-likeness (QED) is 0.942. The molecule has 1 aliphatic heterocycles. The molecule has 0 spiro atoms. The second-order valence-corrected chi connectivity index (χ2v) is 7.25. The van der Waals surface area contributed by atoms with Crippen molar-refractivity contribution in [3.05, 3.63) is 27.5 Å². The third-order valence-electron chi connectivity index (χ3n) is 3.42. The van der Waals surface area contributed by atoms with Crippen LogP contribution in [-0.2, 0) is 0 Å². The summed E-state index contributed by atoms with van der Waals surface area (Å²) in [5, 5.41) is 2.66. The highest BCUT2D eigenvalue weighted by atomic mass is 35.5. The monoisotopic (exact) mass is 327 g/mol. The van der Waals surface area contributed by atoms with Gasteiger partial charge in [0.2, 0.25) is 0 Å². The summed E-state index contributed by atoms with van der Waals surface area (Å²) in [6.07, 6.45) is 2.00. The number of hydrogen-bond acceptors (Lipinski definition) is 5. The van der Waals surface area contributed by atoms with E-state index in [1.54, 1.807) is 0 Å². The Morgan fingerprint density at radius 2 is 2.40 bits per heavy atom. The van der Waals surface area contributed by atoms with Gasteiger partial charge in [-0.25, -0.2) is 4.98 Å². The zero-order valence-corrected chi connectivity index (χ0v) is 13.1. The van der Waals surface area contributed by atoms with Gasteiger partial charge in [-0.3, -0.25) is 4.79 Å². The SMILES string of the molecule is NCC1CCCN1C(=O)c1csc(-c2ccc(Cl)s2)n1. The predicted octanol–water partition coefficient (Wildman–Crippen LogP) is 3.09. The van der Waals surface area contributed by atoms with E-state index in [4.69, 9.17) is 17.3 Å². The molecular formula is C13H14ClN3OS2. The lowest BCUT2D eigenvalue weighted by Crippen LogP contribution is -2.40. The molecule has 1 amide bonds. The van der Waals surface area contributed by atoms with Gasteiger partial charge in [-0.15, -0.1) is 22.7 Å². The molecule has 1 saturated heterocycles. The number of thiazole rings is 1. The van der Waals surface area contributed by atoms with Crippen LogP contribution in [0.1, 0.15) is 23.3 Å². The summed E-state index contributed by atoms with van der Waals surface area (Å²) in [5.41, 5.74) is 6.22. The second-order valence-electron chi connectivity index (χ2n) is 4.67. The van der Waals surface area contributed by atoms with Crippen LogP contribution >= 0.6 is 34.3 Å². The molecule has 0 aromatic carbocycles. The standard InChI is InChI=1S/C13H14ClN3OS2/c14-11-4-3-10(20-11)12-16-9(7-19-12)13(18)17-5-1-2-8(17)6-15/h3-4,7-8H,1-2,5-6,15H2. The molecule has 0 radical (unpaired) electrons. The van der Waals surface area contributed by atoms with Crippen molar-refractivity contribution >= 4 is 40.2 Å². The van der Waals surface area contributed by atoms with Crippen molar-refractivity contribution in [2.75, 3.05) is 13.1 Å². The van der Waals surface area contributed by atoms with Gasteiger partial charge in [0, 0.05) is 24.5 Å². The van der Waals surface area contributed by atoms with Crippen LogP contribution in [0, 0.1) is 0 Å². The smallest absolute Gasteiger partial charge is 0.273 e. The Bertz CT molecular complexity index is 625. The summed E-state index contributed by atoms with van der Waals surface area (Å²) in [6, 6.07) is 3.93. The number of carbonyl (C=O) groups is 1. The Morgan fingerprint density at radius 3 is 3.10 bits per heavy atom. The van der Waals surface area contributed by atoms with Crippen molar-refractivity contribution in [2.45, 2.75) is 18.9 Å². The van der Waals surface area contributed by atoms with E-state index in [1.807, 2.05) is 22.4 Å². The van der Waals surface area contributed by atoms with E-state index < -0.39 is 0 Å². The molecule has 3 heterocycles. The summed E-state index contributed by atoms with van der Waals surface area (Å²) in [5.74, 6) is -0.0110. The maximum Gasteiger partial charge on any atom is 0.273 e. The molecule has 1 atom stereocenters. The predicted molar refractivity (Wildman–Crippen MR) is 83.5 cm³/mol. The lowest BCUT2D eigenvalue weighted by molar-refractivity contribution is 0.0736. The zero-order valence-electron chi connectivity index (χ0n) is 10.7. The van der Waals surface area contributed by atoms with Crippen molar-refractivity contribution in [2.24, 2.45) is 5.73 Å². The zero-order chi connectivity index (χ0) is 14.1. The average Bonchev–Trinajstić information content (AvgIpc) is 3.17. The summed E-state index contributed by atoms with van der Waals surface area (Å²) >= 11 is 8.87. The van der Waals surface area contributed by atoms with E-state index in [0.29, 0.717) is 12.2 Å². The van der Waals surface area contributed by atoms with E-state index in [2.05, 4.69) is 4.98 Å². The first-order valence-electron chi connectivity index (χ1n) is 6.41. The molecule has 1 unspecified atom stereocenters. The molecule has 2 N–H and O–H groups in total. The highest BCUT2D eigenvalue weighted by Gasteiger charge is 2.29. The second kappa shape index (κ2) is 5.81. The van der Waals surface area contributed by atoms with E-state index >= 15 is 0 Å². The van der Waals surface area contributed by atoms with Crippen LogP contribution in [0.25, 0.3) is 9.88 Å². The van der Waals surface area contributed by atoms with Crippen LogP contribution in [0.4, 0.5) is 0 Å². The van der Waals surface area contributed by atoms with Crippen molar-refractivity contribution in [3.8, 4) is 9.88 Å². The molecule has 0 bridgehead atoms. The normalized spacial score (nSPS) is 18.7. The van der Waals surface area contributed by atoms with E-state index in [0.717, 1.165) is 33.6 Å². The fourth-order valence-corrected chi connectivity index (χ4v) is 4.32. The Labute approximate surface area is 130 Å². The number of likely N-dealkylation sites (tertiary alicyclic amines) is 1. The van der Waals surface area contributed by atoms with Crippen LogP contribution in [0.2, 0.25) is 4.34 Å². The topological polar surface area (TPSA) is 59.2 Å². The van der Waals surface area contributed by atoms with Crippen molar-refractivity contribution in [3.63, 3.8) is 0 Å². The number of carbonyl (C=O) groups excluding carboxylic acids is 1. The molecule has 106 valence electrons.